The molecular weight excluding hydrogens is 348 g/mol. The molecule has 0 saturated heterocycles. The molecule has 2 N–H and O–H groups in total. The molecule has 0 aliphatic rings. The lowest BCUT2D eigenvalue weighted by molar-refractivity contribution is -0.131. The summed E-state index contributed by atoms with van der Waals surface area (Å²) < 4.78 is 1.03. The maximum absolute atomic E-state index is 12.4. The first-order valence-electron chi connectivity index (χ1n) is 7.96. The van der Waals surface area contributed by atoms with Crippen molar-refractivity contribution in [3.63, 3.8) is 0 Å². The standard InChI is InChI=1S/C20H18N2O3S/c1-22(2)16-6-3-13(4-7-16)20(25)21-15-5-9-18-14(11-15)12-17(26-18)8-10-19(23)24/h3-12H,1-2H3,(H,21,25)(H,23,24)/b10-8+. The number of thiophene rings is 1. The number of nitrogens with zero attached hydrogens (tertiary/aromatic N) is 1. The summed E-state index contributed by atoms with van der Waals surface area (Å²) in [7, 11) is 3.90. The molecule has 0 bridgehead atoms. The summed E-state index contributed by atoms with van der Waals surface area (Å²) in [4.78, 5) is 25.9. The molecule has 0 aliphatic heterocycles. The van der Waals surface area contributed by atoms with Crippen LogP contribution in [0.5, 0.6) is 0 Å². The second kappa shape index (κ2) is 7.41. The lowest BCUT2D eigenvalue weighted by Crippen LogP contribution is -2.13. The number of carbonyl (C=O) groups excluding carboxylic acids is 1. The van der Waals surface area contributed by atoms with Gasteiger partial charge in [-0.2, -0.15) is 0 Å². The molecular formula is C20H18N2O3S. The van der Waals surface area contributed by atoms with Gasteiger partial charge in [-0.1, -0.05) is 0 Å². The van der Waals surface area contributed by atoms with Crippen molar-refractivity contribution in [2.24, 2.45) is 0 Å². The van der Waals surface area contributed by atoms with Crippen molar-refractivity contribution in [2.75, 3.05) is 24.3 Å². The number of carboxylic acid groups (broad SMARTS) is 1. The molecule has 0 fully saturated rings. The third kappa shape index (κ3) is 4.10. The SMILES string of the molecule is CN(C)c1ccc(C(=O)Nc2ccc3sc(/C=C/C(=O)O)cc3c2)cc1. The maximum atomic E-state index is 12.4. The fraction of sp³-hybridized carbons (Fsp3) is 0.100. The van der Waals surface area contributed by atoms with E-state index in [0.717, 1.165) is 26.7 Å². The van der Waals surface area contributed by atoms with Gasteiger partial charge in [0.25, 0.3) is 5.91 Å². The Morgan fingerprint density at radius 1 is 1.08 bits per heavy atom. The number of anilines is 2. The van der Waals surface area contributed by atoms with Crippen molar-refractivity contribution in [1.82, 2.24) is 0 Å². The van der Waals surface area contributed by atoms with Crippen molar-refractivity contribution in [3.05, 3.63) is 65.0 Å². The minimum Gasteiger partial charge on any atom is -0.478 e. The largest absolute Gasteiger partial charge is 0.478 e. The van der Waals surface area contributed by atoms with E-state index in [1.807, 2.05) is 55.4 Å². The van der Waals surface area contributed by atoms with Crippen LogP contribution in [0, 0.1) is 0 Å². The van der Waals surface area contributed by atoms with E-state index in [1.54, 1.807) is 18.2 Å². The summed E-state index contributed by atoms with van der Waals surface area (Å²) in [6, 6.07) is 14.9. The van der Waals surface area contributed by atoms with Gasteiger partial charge >= 0.3 is 5.97 Å². The Labute approximate surface area is 155 Å². The zero-order valence-corrected chi connectivity index (χ0v) is 15.2. The number of carbonyl (C=O) groups is 2. The Hall–Kier alpha value is -3.12. The Balaban J connectivity index is 1.77. The van der Waals surface area contributed by atoms with Crippen LogP contribution in [0.3, 0.4) is 0 Å². The number of benzene rings is 2. The van der Waals surface area contributed by atoms with E-state index in [0.29, 0.717) is 11.3 Å². The quantitative estimate of drug-likeness (QED) is 0.660. The molecule has 3 rings (SSSR count). The predicted octanol–water partition coefficient (Wildman–Crippen LogP) is 4.32. The van der Waals surface area contributed by atoms with Crippen LogP contribution in [-0.4, -0.2) is 31.1 Å². The van der Waals surface area contributed by atoms with E-state index in [1.165, 1.54) is 11.3 Å². The van der Waals surface area contributed by atoms with Crippen molar-refractivity contribution in [1.29, 1.82) is 0 Å². The summed E-state index contributed by atoms with van der Waals surface area (Å²) >= 11 is 1.50. The molecule has 132 valence electrons. The Morgan fingerprint density at radius 3 is 2.46 bits per heavy atom. The topological polar surface area (TPSA) is 69.6 Å². The zero-order chi connectivity index (χ0) is 18.7. The lowest BCUT2D eigenvalue weighted by atomic mass is 10.1. The van der Waals surface area contributed by atoms with Crippen molar-refractivity contribution < 1.29 is 14.7 Å². The second-order valence-corrected chi connectivity index (χ2v) is 7.08. The van der Waals surface area contributed by atoms with E-state index in [2.05, 4.69) is 5.32 Å². The van der Waals surface area contributed by atoms with Crippen LogP contribution < -0.4 is 10.2 Å². The van der Waals surface area contributed by atoms with E-state index in [9.17, 15) is 9.59 Å². The van der Waals surface area contributed by atoms with Crippen LogP contribution >= 0.6 is 11.3 Å². The number of aliphatic carboxylic acids is 1. The average molecular weight is 366 g/mol. The first-order chi connectivity index (χ1) is 12.4. The van der Waals surface area contributed by atoms with Gasteiger partial charge in [-0.25, -0.2) is 4.79 Å². The van der Waals surface area contributed by atoms with Gasteiger partial charge in [0.1, 0.15) is 0 Å². The van der Waals surface area contributed by atoms with Gasteiger partial charge in [-0.3, -0.25) is 4.79 Å². The van der Waals surface area contributed by atoms with Crippen LogP contribution in [-0.2, 0) is 4.79 Å². The highest BCUT2D eigenvalue weighted by Gasteiger charge is 2.08. The summed E-state index contributed by atoms with van der Waals surface area (Å²) in [6.45, 7) is 0. The van der Waals surface area contributed by atoms with Crippen LogP contribution in [0.25, 0.3) is 16.2 Å². The van der Waals surface area contributed by atoms with Crippen LogP contribution in [0.15, 0.2) is 54.6 Å². The fourth-order valence-electron chi connectivity index (χ4n) is 2.49. The summed E-state index contributed by atoms with van der Waals surface area (Å²) in [5.74, 6) is -1.15. The first kappa shape index (κ1) is 17.7. The zero-order valence-electron chi connectivity index (χ0n) is 14.4. The molecule has 6 heteroatoms. The Morgan fingerprint density at radius 2 is 1.81 bits per heavy atom. The van der Waals surface area contributed by atoms with E-state index in [-0.39, 0.29) is 5.91 Å². The van der Waals surface area contributed by atoms with Gasteiger partial charge in [0.05, 0.1) is 0 Å². The molecule has 0 unspecified atom stereocenters. The number of rotatable bonds is 5. The molecule has 0 radical (unpaired) electrons. The van der Waals surface area contributed by atoms with Gasteiger partial charge in [0.15, 0.2) is 0 Å². The molecule has 0 spiro atoms. The third-order valence-corrected chi connectivity index (χ3v) is 4.91. The van der Waals surface area contributed by atoms with Gasteiger partial charge in [0.2, 0.25) is 0 Å². The maximum Gasteiger partial charge on any atom is 0.328 e. The minimum absolute atomic E-state index is 0.170. The Bertz CT molecular complexity index is 988. The second-order valence-electron chi connectivity index (χ2n) is 5.97. The fourth-order valence-corrected chi connectivity index (χ4v) is 3.44. The van der Waals surface area contributed by atoms with Crippen molar-refractivity contribution >= 4 is 50.8 Å². The number of hydrogen-bond acceptors (Lipinski definition) is 4. The highest BCUT2D eigenvalue weighted by atomic mass is 32.1. The molecule has 5 nitrogen and oxygen atoms in total. The highest BCUT2D eigenvalue weighted by Crippen LogP contribution is 2.29. The number of carboxylic acids is 1. The normalized spacial score (nSPS) is 11.0. The number of nitrogens with one attached hydrogen (secondary N) is 1. The monoisotopic (exact) mass is 366 g/mol. The summed E-state index contributed by atoms with van der Waals surface area (Å²) in [5.41, 5.74) is 2.32. The lowest BCUT2D eigenvalue weighted by Gasteiger charge is -2.12. The molecule has 0 atom stereocenters. The molecule has 1 aromatic heterocycles. The van der Waals surface area contributed by atoms with E-state index < -0.39 is 5.97 Å². The molecule has 1 amide bonds. The average Bonchev–Trinajstić information content (AvgIpc) is 3.02. The molecule has 2 aromatic carbocycles. The molecule has 0 saturated carbocycles. The van der Waals surface area contributed by atoms with Gasteiger partial charge in [0, 0.05) is 46.7 Å². The molecule has 26 heavy (non-hydrogen) atoms. The molecule has 1 heterocycles. The van der Waals surface area contributed by atoms with Crippen LogP contribution in [0.2, 0.25) is 0 Å². The van der Waals surface area contributed by atoms with Gasteiger partial charge < -0.3 is 15.3 Å². The minimum atomic E-state index is -0.976. The van der Waals surface area contributed by atoms with Crippen molar-refractivity contribution in [2.45, 2.75) is 0 Å². The number of amides is 1. The summed E-state index contributed by atoms with van der Waals surface area (Å²) in [5, 5.41) is 12.6. The summed E-state index contributed by atoms with van der Waals surface area (Å²) in [6.07, 6.45) is 2.68. The van der Waals surface area contributed by atoms with E-state index >= 15 is 0 Å². The smallest absolute Gasteiger partial charge is 0.328 e. The predicted molar refractivity (Wildman–Crippen MR) is 107 cm³/mol. The Kier molecular flexibility index (Phi) is 5.04. The van der Waals surface area contributed by atoms with Crippen LogP contribution in [0.1, 0.15) is 15.2 Å². The molecule has 0 aliphatic carbocycles. The van der Waals surface area contributed by atoms with E-state index in [4.69, 9.17) is 5.11 Å². The number of hydrogen-bond donors (Lipinski definition) is 2. The number of fused-ring (bicyclic) bond motifs is 1. The first-order valence-corrected chi connectivity index (χ1v) is 8.77. The van der Waals surface area contributed by atoms with Gasteiger partial charge in [-0.05, 0) is 60.0 Å². The third-order valence-electron chi connectivity index (χ3n) is 3.83. The molecule has 3 aromatic rings. The van der Waals surface area contributed by atoms with Crippen molar-refractivity contribution in [3.8, 4) is 0 Å². The van der Waals surface area contributed by atoms with Crippen LogP contribution in [0.4, 0.5) is 11.4 Å². The highest BCUT2D eigenvalue weighted by molar-refractivity contribution is 7.19. The van der Waals surface area contributed by atoms with Gasteiger partial charge in [-0.15, -0.1) is 11.3 Å².